The van der Waals surface area contributed by atoms with Crippen molar-refractivity contribution in [2.45, 2.75) is 37.1 Å². The van der Waals surface area contributed by atoms with Crippen molar-refractivity contribution >= 4 is 22.9 Å². The van der Waals surface area contributed by atoms with Crippen molar-refractivity contribution < 1.29 is 15.0 Å². The number of nitrogens with one attached hydrogen (secondary N) is 1. The van der Waals surface area contributed by atoms with Gasteiger partial charge in [0.1, 0.15) is 18.5 Å². The van der Waals surface area contributed by atoms with E-state index >= 15 is 0 Å². The van der Waals surface area contributed by atoms with Crippen LogP contribution in [-0.2, 0) is 0 Å². The molecule has 0 saturated heterocycles. The van der Waals surface area contributed by atoms with Gasteiger partial charge >= 0.3 is 0 Å². The van der Waals surface area contributed by atoms with Gasteiger partial charge in [0.25, 0.3) is 5.91 Å². The van der Waals surface area contributed by atoms with Crippen molar-refractivity contribution in [1.29, 1.82) is 0 Å². The summed E-state index contributed by atoms with van der Waals surface area (Å²) >= 11 is 0. The van der Waals surface area contributed by atoms with E-state index in [0.29, 0.717) is 35.4 Å². The number of rotatable bonds is 4. The molecule has 4 atom stereocenters. The highest BCUT2D eigenvalue weighted by Gasteiger charge is 2.39. The van der Waals surface area contributed by atoms with E-state index in [1.165, 1.54) is 12.5 Å². The molecular weight excluding hydrogens is 374 g/mol. The number of fused-ring (bicyclic) bond motifs is 1. The van der Waals surface area contributed by atoms with Gasteiger partial charge < -0.3 is 25.0 Å². The summed E-state index contributed by atoms with van der Waals surface area (Å²) in [6.07, 6.45) is 4.95. The zero-order chi connectivity index (χ0) is 20.5. The lowest BCUT2D eigenvalue weighted by Gasteiger charge is -2.38. The van der Waals surface area contributed by atoms with Crippen LogP contribution in [0.1, 0.15) is 29.2 Å². The number of aliphatic hydroxyl groups excluding tert-OH is 2. The van der Waals surface area contributed by atoms with Gasteiger partial charge in [-0.1, -0.05) is 0 Å². The van der Waals surface area contributed by atoms with Crippen molar-refractivity contribution in [1.82, 2.24) is 29.8 Å². The summed E-state index contributed by atoms with van der Waals surface area (Å²) in [6, 6.07) is 2.35. The van der Waals surface area contributed by atoms with Crippen molar-refractivity contribution in [3.05, 3.63) is 42.7 Å². The average molecular weight is 397 g/mol. The lowest BCUT2D eigenvalue weighted by molar-refractivity contribution is -0.0552. The quantitative estimate of drug-likeness (QED) is 0.567. The van der Waals surface area contributed by atoms with E-state index in [0.717, 1.165) is 0 Å². The number of imidazole rings is 1. The predicted molar refractivity (Wildman–Crippen MR) is 105 cm³/mol. The SMILES string of the molecule is CN(C)c1ncnc2c1ncn2[C@@H]1CC[C@@H](NC(=O)c2cccnc2)[C@H](O)[C@H]1O. The maximum atomic E-state index is 12.4. The highest BCUT2D eigenvalue weighted by Crippen LogP contribution is 2.32. The first-order valence-corrected chi connectivity index (χ1v) is 9.39. The van der Waals surface area contributed by atoms with Gasteiger partial charge in [0.15, 0.2) is 17.0 Å². The Labute approximate surface area is 167 Å². The first-order chi connectivity index (χ1) is 14.0. The number of aromatic nitrogens is 5. The molecule has 4 rings (SSSR count). The number of carbonyl (C=O) groups is 1. The summed E-state index contributed by atoms with van der Waals surface area (Å²) in [5.41, 5.74) is 1.63. The molecule has 3 aromatic heterocycles. The van der Waals surface area contributed by atoms with Crippen molar-refractivity contribution in [2.24, 2.45) is 0 Å². The third-order valence-corrected chi connectivity index (χ3v) is 5.29. The van der Waals surface area contributed by atoms with Crippen LogP contribution in [0.3, 0.4) is 0 Å². The second-order valence-corrected chi connectivity index (χ2v) is 7.36. The number of nitrogens with zero attached hydrogens (tertiary/aromatic N) is 6. The van der Waals surface area contributed by atoms with Gasteiger partial charge in [-0.2, -0.15) is 0 Å². The Balaban J connectivity index is 1.53. The Morgan fingerprint density at radius 1 is 1.21 bits per heavy atom. The fraction of sp³-hybridized carbons (Fsp3) is 0.421. The second kappa shape index (κ2) is 7.72. The molecule has 0 bridgehead atoms. The van der Waals surface area contributed by atoms with Gasteiger partial charge in [-0.15, -0.1) is 0 Å². The molecule has 1 aliphatic rings. The van der Waals surface area contributed by atoms with Gasteiger partial charge in [-0.3, -0.25) is 9.78 Å². The zero-order valence-electron chi connectivity index (χ0n) is 16.2. The first-order valence-electron chi connectivity index (χ1n) is 9.39. The van der Waals surface area contributed by atoms with Gasteiger partial charge in [0.05, 0.1) is 24.0 Å². The maximum Gasteiger partial charge on any atom is 0.253 e. The van der Waals surface area contributed by atoms with Gasteiger partial charge in [0, 0.05) is 26.5 Å². The van der Waals surface area contributed by atoms with Crippen LogP contribution in [0, 0.1) is 0 Å². The Kier molecular flexibility index (Phi) is 5.12. The van der Waals surface area contributed by atoms with E-state index in [9.17, 15) is 15.0 Å². The number of aliphatic hydroxyl groups is 2. The van der Waals surface area contributed by atoms with Crippen LogP contribution in [-0.4, -0.2) is 73.0 Å². The Bertz CT molecular complexity index is 1010. The number of hydrogen-bond donors (Lipinski definition) is 3. The standard InChI is InChI=1S/C19H23N7O3/c1-25(2)17-14-18(22-9-21-17)26(10-23-14)13-6-5-12(15(27)16(13)28)24-19(29)11-4-3-7-20-8-11/h3-4,7-10,12-13,15-16,27-28H,5-6H2,1-2H3,(H,24,29)/t12-,13-,15+,16+/m1/s1. The normalized spacial score (nSPS) is 24.4. The Morgan fingerprint density at radius 3 is 2.76 bits per heavy atom. The molecule has 3 N–H and O–H groups in total. The molecule has 1 amide bonds. The summed E-state index contributed by atoms with van der Waals surface area (Å²) in [4.78, 5) is 31.1. The van der Waals surface area contributed by atoms with Crippen LogP contribution >= 0.6 is 0 Å². The molecule has 0 aliphatic heterocycles. The predicted octanol–water partition coefficient (Wildman–Crippen LogP) is 0.143. The number of pyridine rings is 1. The Hall–Kier alpha value is -3.11. The van der Waals surface area contributed by atoms with Gasteiger partial charge in [0.2, 0.25) is 0 Å². The van der Waals surface area contributed by atoms with Gasteiger partial charge in [-0.05, 0) is 25.0 Å². The molecule has 0 aromatic carbocycles. The molecule has 29 heavy (non-hydrogen) atoms. The lowest BCUT2D eigenvalue weighted by Crippen LogP contribution is -2.54. The van der Waals surface area contributed by atoms with E-state index < -0.39 is 24.3 Å². The second-order valence-electron chi connectivity index (χ2n) is 7.36. The summed E-state index contributed by atoms with van der Waals surface area (Å²) in [6.45, 7) is 0. The highest BCUT2D eigenvalue weighted by atomic mass is 16.3. The van der Waals surface area contributed by atoms with Crippen LogP contribution in [0.25, 0.3) is 11.2 Å². The van der Waals surface area contributed by atoms with E-state index in [1.807, 2.05) is 19.0 Å². The number of hydrogen-bond acceptors (Lipinski definition) is 8. The minimum Gasteiger partial charge on any atom is -0.388 e. The molecule has 152 valence electrons. The number of carbonyl (C=O) groups excluding carboxylic acids is 1. The molecule has 1 saturated carbocycles. The van der Waals surface area contributed by atoms with Crippen LogP contribution in [0.2, 0.25) is 0 Å². The van der Waals surface area contributed by atoms with E-state index in [1.54, 1.807) is 29.2 Å². The topological polar surface area (TPSA) is 129 Å². The average Bonchev–Trinajstić information content (AvgIpc) is 3.16. The molecule has 3 heterocycles. The molecule has 10 nitrogen and oxygen atoms in total. The summed E-state index contributed by atoms with van der Waals surface area (Å²) in [7, 11) is 3.74. The molecule has 3 aromatic rings. The van der Waals surface area contributed by atoms with Crippen molar-refractivity contribution in [2.75, 3.05) is 19.0 Å². The lowest BCUT2D eigenvalue weighted by atomic mass is 9.85. The molecule has 10 heteroatoms. The number of amides is 1. The fourth-order valence-electron chi connectivity index (χ4n) is 3.78. The van der Waals surface area contributed by atoms with E-state index in [-0.39, 0.29) is 5.91 Å². The third-order valence-electron chi connectivity index (χ3n) is 5.29. The number of anilines is 1. The van der Waals surface area contributed by atoms with Crippen molar-refractivity contribution in [3.8, 4) is 0 Å². The monoisotopic (exact) mass is 397 g/mol. The smallest absolute Gasteiger partial charge is 0.253 e. The molecule has 0 radical (unpaired) electrons. The van der Waals surface area contributed by atoms with E-state index in [4.69, 9.17) is 0 Å². The molecule has 1 aliphatic carbocycles. The maximum absolute atomic E-state index is 12.4. The minimum atomic E-state index is -1.12. The van der Waals surface area contributed by atoms with Crippen LogP contribution in [0.5, 0.6) is 0 Å². The highest BCUT2D eigenvalue weighted by molar-refractivity contribution is 5.94. The van der Waals surface area contributed by atoms with Gasteiger partial charge in [-0.25, -0.2) is 15.0 Å². The largest absolute Gasteiger partial charge is 0.388 e. The summed E-state index contributed by atoms with van der Waals surface area (Å²) in [5.74, 6) is 0.352. The molecular formula is C19H23N7O3. The first kappa shape index (κ1) is 19.2. The summed E-state index contributed by atoms with van der Waals surface area (Å²) < 4.78 is 1.77. The third kappa shape index (κ3) is 3.52. The summed E-state index contributed by atoms with van der Waals surface area (Å²) in [5, 5.41) is 24.2. The van der Waals surface area contributed by atoms with E-state index in [2.05, 4.69) is 25.3 Å². The molecule has 0 spiro atoms. The van der Waals surface area contributed by atoms with Crippen LogP contribution in [0.4, 0.5) is 5.82 Å². The molecule has 1 fully saturated rings. The van der Waals surface area contributed by atoms with Crippen LogP contribution in [0.15, 0.2) is 37.2 Å². The minimum absolute atomic E-state index is 0.329. The van der Waals surface area contributed by atoms with Crippen LogP contribution < -0.4 is 10.2 Å². The van der Waals surface area contributed by atoms with Crippen molar-refractivity contribution in [3.63, 3.8) is 0 Å². The zero-order valence-corrected chi connectivity index (χ0v) is 16.2. The Morgan fingerprint density at radius 2 is 2.03 bits per heavy atom. The molecule has 0 unspecified atom stereocenters. The fourth-order valence-corrected chi connectivity index (χ4v) is 3.78.